The van der Waals surface area contributed by atoms with Crippen LogP contribution >= 0.6 is 12.2 Å². The number of rotatable bonds is 4. The van der Waals surface area contributed by atoms with Gasteiger partial charge in [0.05, 0.1) is 6.10 Å². The van der Waals surface area contributed by atoms with E-state index in [2.05, 4.69) is 10.6 Å². The average molecular weight is 373 g/mol. The molecule has 1 aromatic carbocycles. The highest BCUT2D eigenvalue weighted by Gasteiger charge is 2.51. The number of benzene rings is 1. The maximum Gasteiger partial charge on any atom is 0.257 e. The fourth-order valence-electron chi connectivity index (χ4n) is 5.67. The van der Waals surface area contributed by atoms with Crippen molar-refractivity contribution in [2.24, 2.45) is 17.8 Å². The van der Waals surface area contributed by atoms with Crippen LogP contribution in [-0.2, 0) is 0 Å². The molecule has 140 valence electrons. The summed E-state index contributed by atoms with van der Waals surface area (Å²) in [6, 6.07) is 7.20. The van der Waals surface area contributed by atoms with E-state index in [0.717, 1.165) is 23.5 Å². The number of amides is 1. The molecule has 0 aliphatic heterocycles. The van der Waals surface area contributed by atoms with Gasteiger partial charge in [0.2, 0.25) is 0 Å². The summed E-state index contributed by atoms with van der Waals surface area (Å²) in [6.07, 6.45) is 7.91. The van der Waals surface area contributed by atoms with Gasteiger partial charge in [-0.1, -0.05) is 0 Å². The van der Waals surface area contributed by atoms with E-state index in [1.54, 1.807) is 12.1 Å². The Balaban J connectivity index is 1.35. The Kier molecular flexibility index (Phi) is 4.68. The molecule has 0 aromatic heterocycles. The van der Waals surface area contributed by atoms with Gasteiger partial charge in [0.1, 0.15) is 5.75 Å². The molecule has 26 heavy (non-hydrogen) atoms. The van der Waals surface area contributed by atoms with E-state index in [1.807, 2.05) is 26.0 Å². The summed E-state index contributed by atoms with van der Waals surface area (Å²) in [5.41, 5.74) is 0.712. The van der Waals surface area contributed by atoms with Gasteiger partial charge in [0.25, 0.3) is 5.91 Å². The van der Waals surface area contributed by atoms with Gasteiger partial charge in [-0.15, -0.1) is 0 Å². The average Bonchev–Trinajstić information content (AvgIpc) is 2.52. The largest absolute Gasteiger partial charge is 0.491 e. The fraction of sp³-hybridized carbons (Fsp3) is 0.619. The van der Waals surface area contributed by atoms with Gasteiger partial charge < -0.3 is 10.1 Å². The van der Waals surface area contributed by atoms with Crippen molar-refractivity contribution >= 4 is 23.2 Å². The van der Waals surface area contributed by atoms with Gasteiger partial charge in [-0.25, -0.2) is 0 Å². The van der Waals surface area contributed by atoms with Crippen molar-refractivity contribution in [2.75, 3.05) is 0 Å². The molecular weight excluding hydrogens is 344 g/mol. The lowest BCUT2D eigenvalue weighted by Crippen LogP contribution is -2.61. The van der Waals surface area contributed by atoms with Gasteiger partial charge in [0, 0.05) is 11.1 Å². The highest BCUT2D eigenvalue weighted by Crippen LogP contribution is 2.55. The molecule has 5 heteroatoms. The van der Waals surface area contributed by atoms with Crippen molar-refractivity contribution in [3.63, 3.8) is 0 Å². The molecule has 4 nitrogen and oxygen atoms in total. The smallest absolute Gasteiger partial charge is 0.257 e. The SMILES string of the molecule is CC(C)Oc1ccc(C(=O)NC(=S)NC23CC4CC(CC(C4)C2)C3)cc1. The molecule has 5 rings (SSSR count). The van der Waals surface area contributed by atoms with Gasteiger partial charge in [-0.2, -0.15) is 0 Å². The number of hydrogen-bond acceptors (Lipinski definition) is 3. The van der Waals surface area contributed by atoms with Crippen LogP contribution in [-0.4, -0.2) is 22.7 Å². The number of thiocarbonyl (C=S) groups is 1. The molecule has 4 bridgehead atoms. The third-order valence-corrected chi connectivity index (χ3v) is 6.34. The summed E-state index contributed by atoms with van der Waals surface area (Å²) in [6.45, 7) is 3.96. The van der Waals surface area contributed by atoms with Crippen molar-refractivity contribution in [1.82, 2.24) is 10.6 Å². The fourth-order valence-corrected chi connectivity index (χ4v) is 5.98. The first-order valence-corrected chi connectivity index (χ1v) is 10.2. The van der Waals surface area contributed by atoms with Crippen LogP contribution in [0.5, 0.6) is 5.75 Å². The minimum Gasteiger partial charge on any atom is -0.491 e. The molecule has 4 aliphatic rings. The van der Waals surface area contributed by atoms with E-state index in [-0.39, 0.29) is 17.6 Å². The zero-order chi connectivity index (χ0) is 18.3. The summed E-state index contributed by atoms with van der Waals surface area (Å²) in [7, 11) is 0. The minimum atomic E-state index is -0.164. The zero-order valence-corrected chi connectivity index (χ0v) is 16.4. The molecule has 0 radical (unpaired) electrons. The summed E-state index contributed by atoms with van der Waals surface area (Å²) in [5.74, 6) is 3.15. The van der Waals surface area contributed by atoms with Crippen LogP contribution in [0.2, 0.25) is 0 Å². The molecule has 0 unspecified atom stereocenters. The standard InChI is InChI=1S/C21H28N2O2S/c1-13(2)25-18-5-3-17(4-6-18)19(24)22-20(26)23-21-10-14-7-15(11-21)9-16(8-14)12-21/h3-6,13-16H,7-12H2,1-2H3,(H2,22,23,24,26). The number of carbonyl (C=O) groups excluding carboxylic acids is 1. The Morgan fingerprint density at radius 3 is 2.12 bits per heavy atom. The van der Waals surface area contributed by atoms with Crippen LogP contribution in [0.4, 0.5) is 0 Å². The lowest BCUT2D eigenvalue weighted by Gasteiger charge is -2.57. The van der Waals surface area contributed by atoms with Gasteiger partial charge in [-0.05, 0) is 107 Å². The van der Waals surface area contributed by atoms with Gasteiger partial charge in [-0.3, -0.25) is 10.1 Å². The maximum absolute atomic E-state index is 12.5. The number of ether oxygens (including phenoxy) is 1. The van der Waals surface area contributed by atoms with Crippen LogP contribution < -0.4 is 15.4 Å². The third kappa shape index (κ3) is 3.73. The van der Waals surface area contributed by atoms with Crippen molar-refractivity contribution in [3.8, 4) is 5.75 Å². The number of nitrogens with one attached hydrogen (secondary N) is 2. The van der Waals surface area contributed by atoms with Crippen LogP contribution in [0, 0.1) is 17.8 Å². The molecular formula is C21H28N2O2S. The maximum atomic E-state index is 12.5. The van der Waals surface area contributed by atoms with Crippen LogP contribution in [0.3, 0.4) is 0 Å². The van der Waals surface area contributed by atoms with E-state index in [4.69, 9.17) is 17.0 Å². The van der Waals surface area contributed by atoms with Gasteiger partial charge in [0.15, 0.2) is 5.11 Å². The number of hydrogen-bond donors (Lipinski definition) is 2. The normalized spacial score (nSPS) is 31.7. The third-order valence-electron chi connectivity index (χ3n) is 6.13. The lowest BCUT2D eigenvalue weighted by molar-refractivity contribution is -0.0101. The molecule has 4 fully saturated rings. The Morgan fingerprint density at radius 1 is 1.08 bits per heavy atom. The quantitative estimate of drug-likeness (QED) is 0.783. The summed E-state index contributed by atoms with van der Waals surface area (Å²) >= 11 is 5.48. The van der Waals surface area contributed by atoms with Crippen molar-refractivity contribution in [2.45, 2.75) is 64.0 Å². The van der Waals surface area contributed by atoms with Crippen LogP contribution in [0.1, 0.15) is 62.7 Å². The zero-order valence-electron chi connectivity index (χ0n) is 15.6. The van der Waals surface area contributed by atoms with Gasteiger partial charge >= 0.3 is 0 Å². The van der Waals surface area contributed by atoms with E-state index >= 15 is 0 Å². The molecule has 1 aromatic rings. The Labute approximate surface area is 161 Å². The second kappa shape index (κ2) is 6.84. The Morgan fingerprint density at radius 2 is 1.62 bits per heavy atom. The number of carbonyl (C=O) groups is 1. The predicted octanol–water partition coefficient (Wildman–Crippen LogP) is 4.05. The first-order chi connectivity index (χ1) is 12.4. The second-order valence-electron chi connectivity index (χ2n) is 8.80. The van der Waals surface area contributed by atoms with Crippen LogP contribution in [0.25, 0.3) is 0 Å². The summed E-state index contributed by atoms with van der Waals surface area (Å²) in [5, 5.41) is 6.88. The van der Waals surface area contributed by atoms with E-state index in [9.17, 15) is 4.79 Å². The van der Waals surface area contributed by atoms with Crippen molar-refractivity contribution < 1.29 is 9.53 Å². The molecule has 4 aliphatic carbocycles. The monoisotopic (exact) mass is 372 g/mol. The van der Waals surface area contributed by atoms with E-state index in [0.29, 0.717) is 10.7 Å². The first kappa shape index (κ1) is 17.8. The summed E-state index contributed by atoms with van der Waals surface area (Å²) in [4.78, 5) is 12.5. The molecule has 2 N–H and O–H groups in total. The summed E-state index contributed by atoms with van der Waals surface area (Å²) < 4.78 is 5.62. The predicted molar refractivity (Wildman–Crippen MR) is 106 cm³/mol. The Bertz CT molecular complexity index is 663. The molecule has 0 heterocycles. The second-order valence-corrected chi connectivity index (χ2v) is 9.21. The highest BCUT2D eigenvalue weighted by molar-refractivity contribution is 7.80. The molecule has 4 saturated carbocycles. The Hall–Kier alpha value is -1.62. The highest BCUT2D eigenvalue weighted by atomic mass is 32.1. The molecule has 1 amide bonds. The molecule has 0 saturated heterocycles. The molecule has 0 atom stereocenters. The van der Waals surface area contributed by atoms with E-state index in [1.165, 1.54) is 38.5 Å². The molecule has 0 spiro atoms. The van der Waals surface area contributed by atoms with Crippen molar-refractivity contribution in [3.05, 3.63) is 29.8 Å². The minimum absolute atomic E-state index is 0.117. The van der Waals surface area contributed by atoms with Crippen LogP contribution in [0.15, 0.2) is 24.3 Å². The lowest BCUT2D eigenvalue weighted by atomic mass is 9.53. The first-order valence-electron chi connectivity index (χ1n) is 9.81. The topological polar surface area (TPSA) is 50.4 Å². The van der Waals surface area contributed by atoms with Crippen molar-refractivity contribution in [1.29, 1.82) is 0 Å². The van der Waals surface area contributed by atoms with E-state index < -0.39 is 0 Å².